The summed E-state index contributed by atoms with van der Waals surface area (Å²) in [7, 11) is -3.62. The van der Waals surface area contributed by atoms with Gasteiger partial charge in [-0.15, -0.1) is 0 Å². The van der Waals surface area contributed by atoms with Crippen molar-refractivity contribution in [2.75, 3.05) is 11.3 Å². The molecule has 0 saturated heterocycles. The zero-order valence-corrected chi connectivity index (χ0v) is 17.7. The molecular formula is C24H26N2O3S. The van der Waals surface area contributed by atoms with Crippen LogP contribution in [0.3, 0.4) is 0 Å². The van der Waals surface area contributed by atoms with E-state index < -0.39 is 10.0 Å². The minimum Gasteiger partial charge on any atom is -0.489 e. The van der Waals surface area contributed by atoms with Crippen LogP contribution in [0.25, 0.3) is 0 Å². The number of rotatable bonds is 7. The highest BCUT2D eigenvalue weighted by atomic mass is 32.2. The van der Waals surface area contributed by atoms with E-state index in [4.69, 9.17) is 4.74 Å². The molecule has 0 aliphatic carbocycles. The van der Waals surface area contributed by atoms with Crippen LogP contribution < -0.4 is 14.8 Å². The van der Waals surface area contributed by atoms with Crippen LogP contribution in [-0.2, 0) is 16.4 Å². The first-order valence-electron chi connectivity index (χ1n) is 10.2. The minimum absolute atomic E-state index is 0.0460. The van der Waals surface area contributed by atoms with E-state index in [0.717, 1.165) is 30.7 Å². The summed E-state index contributed by atoms with van der Waals surface area (Å²) in [6.07, 6.45) is 1.88. The summed E-state index contributed by atoms with van der Waals surface area (Å²) in [4.78, 5) is 0.237. The quantitative estimate of drug-likeness (QED) is 0.587. The van der Waals surface area contributed by atoms with Gasteiger partial charge in [-0.25, -0.2) is 8.42 Å². The molecule has 4 rings (SSSR count). The Balaban J connectivity index is 1.41. The van der Waals surface area contributed by atoms with Gasteiger partial charge in [0.15, 0.2) is 0 Å². The van der Waals surface area contributed by atoms with Gasteiger partial charge in [-0.05, 0) is 49.1 Å². The van der Waals surface area contributed by atoms with E-state index in [1.165, 1.54) is 5.56 Å². The van der Waals surface area contributed by atoms with Crippen LogP contribution in [0.15, 0.2) is 83.8 Å². The lowest BCUT2D eigenvalue weighted by molar-refractivity contribution is 0.167. The van der Waals surface area contributed by atoms with Gasteiger partial charge in [0.1, 0.15) is 11.9 Å². The lowest BCUT2D eigenvalue weighted by Crippen LogP contribution is -2.35. The van der Waals surface area contributed by atoms with E-state index in [1.807, 2.05) is 24.3 Å². The minimum atomic E-state index is -3.62. The van der Waals surface area contributed by atoms with Crippen molar-refractivity contribution in [3.8, 4) is 5.75 Å². The number of hydrogen-bond donors (Lipinski definition) is 2. The van der Waals surface area contributed by atoms with Gasteiger partial charge in [-0.2, -0.15) is 0 Å². The molecule has 0 fully saturated rings. The van der Waals surface area contributed by atoms with Crippen molar-refractivity contribution in [2.24, 2.45) is 0 Å². The largest absolute Gasteiger partial charge is 0.489 e. The average Bonchev–Trinajstić information content (AvgIpc) is 2.78. The molecule has 2 atom stereocenters. The molecule has 0 saturated carbocycles. The highest BCUT2D eigenvalue weighted by Crippen LogP contribution is 2.31. The molecule has 6 heteroatoms. The molecule has 2 N–H and O–H groups in total. The Morgan fingerprint density at radius 3 is 2.43 bits per heavy atom. The lowest BCUT2D eigenvalue weighted by atomic mass is 10.0. The van der Waals surface area contributed by atoms with Crippen molar-refractivity contribution in [2.45, 2.75) is 36.8 Å². The molecule has 0 spiro atoms. The Bertz CT molecular complexity index is 1090. The molecule has 1 heterocycles. The molecule has 1 aliphatic heterocycles. The zero-order chi connectivity index (χ0) is 21.0. The fourth-order valence-corrected chi connectivity index (χ4v) is 4.69. The fourth-order valence-electron chi connectivity index (χ4n) is 3.61. The number of sulfonamides is 1. The summed E-state index contributed by atoms with van der Waals surface area (Å²) in [5.74, 6) is 0.744. The van der Waals surface area contributed by atoms with E-state index in [-0.39, 0.29) is 17.0 Å². The number of anilines is 1. The van der Waals surface area contributed by atoms with E-state index in [1.54, 1.807) is 42.5 Å². The Morgan fingerprint density at radius 1 is 1.00 bits per heavy atom. The predicted molar refractivity (Wildman–Crippen MR) is 119 cm³/mol. The topological polar surface area (TPSA) is 67.4 Å². The first kappa shape index (κ1) is 20.4. The predicted octanol–water partition coefficient (Wildman–Crippen LogP) is 4.53. The van der Waals surface area contributed by atoms with Gasteiger partial charge in [0, 0.05) is 18.7 Å². The molecule has 3 aromatic rings. The second-order valence-electron chi connectivity index (χ2n) is 7.56. The van der Waals surface area contributed by atoms with Gasteiger partial charge in [0.2, 0.25) is 0 Å². The molecule has 0 aromatic heterocycles. The number of nitrogens with one attached hydrogen (secondary N) is 2. The fraction of sp³-hybridized carbons (Fsp3) is 0.250. The third-order valence-corrected chi connectivity index (χ3v) is 6.75. The maximum atomic E-state index is 12.6. The highest BCUT2D eigenvalue weighted by molar-refractivity contribution is 7.92. The van der Waals surface area contributed by atoms with Crippen LogP contribution in [0.4, 0.5) is 5.69 Å². The molecule has 0 amide bonds. The Hall–Kier alpha value is -2.83. The summed E-state index contributed by atoms with van der Waals surface area (Å²) in [5, 5.41) is 3.54. The monoisotopic (exact) mass is 422 g/mol. The van der Waals surface area contributed by atoms with Crippen molar-refractivity contribution in [1.29, 1.82) is 0 Å². The van der Waals surface area contributed by atoms with Gasteiger partial charge in [0.25, 0.3) is 10.0 Å². The highest BCUT2D eigenvalue weighted by Gasteiger charge is 2.22. The van der Waals surface area contributed by atoms with Crippen molar-refractivity contribution in [3.05, 3.63) is 90.0 Å². The summed E-state index contributed by atoms with van der Waals surface area (Å²) >= 11 is 0. The molecule has 0 radical (unpaired) electrons. The second-order valence-corrected chi connectivity index (χ2v) is 9.24. The van der Waals surface area contributed by atoms with Crippen LogP contribution in [0.5, 0.6) is 5.75 Å². The summed E-state index contributed by atoms with van der Waals surface area (Å²) in [5.41, 5.74) is 2.85. The third kappa shape index (κ3) is 4.83. The number of hydrogen-bond acceptors (Lipinski definition) is 4. The van der Waals surface area contributed by atoms with Crippen LogP contribution in [0, 0.1) is 0 Å². The van der Waals surface area contributed by atoms with Crippen molar-refractivity contribution >= 4 is 15.7 Å². The maximum absolute atomic E-state index is 12.6. The van der Waals surface area contributed by atoms with E-state index in [0.29, 0.717) is 5.69 Å². The summed E-state index contributed by atoms with van der Waals surface area (Å²) in [6.45, 7) is 2.87. The Labute approximate surface area is 178 Å². The molecule has 0 bridgehead atoms. The smallest absolute Gasteiger partial charge is 0.261 e. The van der Waals surface area contributed by atoms with Crippen LogP contribution in [0.1, 0.15) is 30.5 Å². The molecule has 1 unspecified atom stereocenters. The van der Waals surface area contributed by atoms with Gasteiger partial charge in [-0.3, -0.25) is 4.72 Å². The SMILES string of the molecule is C[C@@H](NCC1CCc2ccc(NS(=O)(=O)c3ccccc3)cc2O1)c1ccccc1. The number of aryl methyl sites for hydroxylation is 1. The Morgan fingerprint density at radius 2 is 1.70 bits per heavy atom. The maximum Gasteiger partial charge on any atom is 0.261 e. The number of fused-ring (bicyclic) bond motifs is 1. The van der Waals surface area contributed by atoms with E-state index >= 15 is 0 Å². The van der Waals surface area contributed by atoms with E-state index in [9.17, 15) is 8.42 Å². The first-order chi connectivity index (χ1) is 14.5. The van der Waals surface area contributed by atoms with Gasteiger partial charge in [0.05, 0.1) is 10.6 Å². The van der Waals surface area contributed by atoms with Crippen molar-refractivity contribution in [3.63, 3.8) is 0 Å². The van der Waals surface area contributed by atoms with Crippen LogP contribution in [-0.4, -0.2) is 21.1 Å². The molecular weight excluding hydrogens is 396 g/mol. The van der Waals surface area contributed by atoms with Crippen molar-refractivity contribution < 1.29 is 13.2 Å². The molecule has 5 nitrogen and oxygen atoms in total. The molecule has 30 heavy (non-hydrogen) atoms. The van der Waals surface area contributed by atoms with Crippen molar-refractivity contribution in [1.82, 2.24) is 5.32 Å². The molecule has 3 aromatic carbocycles. The summed E-state index contributed by atoms with van der Waals surface area (Å²) in [6, 6.07) is 24.4. The Kier molecular flexibility index (Phi) is 6.06. The van der Waals surface area contributed by atoms with E-state index in [2.05, 4.69) is 29.1 Å². The summed E-state index contributed by atoms with van der Waals surface area (Å²) < 4.78 is 34.0. The van der Waals surface area contributed by atoms with Gasteiger partial charge in [-0.1, -0.05) is 54.6 Å². The number of ether oxygens (including phenoxy) is 1. The molecule has 156 valence electrons. The normalized spacial score (nSPS) is 16.9. The average molecular weight is 423 g/mol. The molecule has 1 aliphatic rings. The first-order valence-corrected chi connectivity index (χ1v) is 11.7. The second kappa shape index (κ2) is 8.90. The van der Waals surface area contributed by atoms with Gasteiger partial charge < -0.3 is 10.1 Å². The van der Waals surface area contributed by atoms with Gasteiger partial charge >= 0.3 is 0 Å². The van der Waals surface area contributed by atoms with Crippen LogP contribution >= 0.6 is 0 Å². The standard InChI is InChI=1S/C24H26N2O3S/c1-18(19-8-4-2-5-9-19)25-17-22-15-13-20-12-14-21(16-24(20)29-22)26-30(27,28)23-10-6-3-7-11-23/h2-12,14,16,18,22,25-26H,13,15,17H2,1H3/t18-,22?/m1/s1. The zero-order valence-electron chi connectivity index (χ0n) is 16.9. The third-order valence-electron chi connectivity index (χ3n) is 5.35. The lowest BCUT2D eigenvalue weighted by Gasteiger charge is -2.28. The number of benzene rings is 3. The van der Waals surface area contributed by atoms with Crippen LogP contribution in [0.2, 0.25) is 0 Å².